The minimum absolute atomic E-state index is 0.0815. The van der Waals surface area contributed by atoms with Crippen LogP contribution in [0.1, 0.15) is 52.9 Å². The van der Waals surface area contributed by atoms with Crippen LogP contribution in [0.4, 0.5) is 14.6 Å². The number of aromatic nitrogens is 1. The molecule has 1 aromatic heterocycles. The van der Waals surface area contributed by atoms with Crippen LogP contribution in [0.2, 0.25) is 0 Å². The number of nitrogens with zero attached hydrogens (tertiary/aromatic N) is 1. The summed E-state index contributed by atoms with van der Waals surface area (Å²) in [5.74, 6) is -1.38. The maximum absolute atomic E-state index is 17.5. The third kappa shape index (κ3) is 3.55. The first-order chi connectivity index (χ1) is 18.9. The van der Waals surface area contributed by atoms with Crippen LogP contribution in [-0.4, -0.2) is 69.6 Å². The first-order valence-electron chi connectivity index (χ1n) is 14.2. The number of ketones is 1. The average Bonchev–Trinajstić information content (AvgIpc) is 3.38. The second kappa shape index (κ2) is 9.31. The molecule has 1 saturated heterocycles. The summed E-state index contributed by atoms with van der Waals surface area (Å²) in [6.45, 7) is 5.05. The highest BCUT2D eigenvalue weighted by molar-refractivity contribution is 5.91. The van der Waals surface area contributed by atoms with Crippen LogP contribution in [0, 0.1) is 22.7 Å². The number of pyridine rings is 1. The number of aliphatic hydroxyl groups is 2. The molecular formula is C30H38F2N2O6. The Labute approximate surface area is 232 Å². The van der Waals surface area contributed by atoms with Gasteiger partial charge in [0, 0.05) is 22.8 Å². The molecule has 218 valence electrons. The van der Waals surface area contributed by atoms with E-state index in [1.165, 1.54) is 18.2 Å². The van der Waals surface area contributed by atoms with Gasteiger partial charge in [-0.25, -0.2) is 8.78 Å². The van der Waals surface area contributed by atoms with Crippen LogP contribution in [-0.2, 0) is 14.3 Å². The first-order valence-corrected chi connectivity index (χ1v) is 14.2. The number of hydrogen-bond donors (Lipinski definition) is 3. The van der Waals surface area contributed by atoms with Gasteiger partial charge in [0.15, 0.2) is 24.2 Å². The minimum Gasteiger partial charge on any atom is -0.469 e. The fraction of sp³-hybridized carbons (Fsp3) is 0.667. The van der Waals surface area contributed by atoms with Gasteiger partial charge in [0.25, 0.3) is 0 Å². The Kier molecular flexibility index (Phi) is 6.46. The number of fused-ring (bicyclic) bond motifs is 7. The van der Waals surface area contributed by atoms with E-state index in [4.69, 9.17) is 19.9 Å². The van der Waals surface area contributed by atoms with E-state index in [2.05, 4.69) is 4.98 Å². The predicted molar refractivity (Wildman–Crippen MR) is 142 cm³/mol. The van der Waals surface area contributed by atoms with Crippen molar-refractivity contribution in [1.29, 1.82) is 0 Å². The number of rotatable bonds is 6. The van der Waals surface area contributed by atoms with E-state index in [1.807, 2.05) is 13.8 Å². The van der Waals surface area contributed by atoms with Crippen LogP contribution >= 0.6 is 0 Å². The van der Waals surface area contributed by atoms with Gasteiger partial charge in [0.2, 0.25) is 11.7 Å². The van der Waals surface area contributed by atoms with E-state index in [1.54, 1.807) is 25.1 Å². The van der Waals surface area contributed by atoms with Gasteiger partial charge in [-0.15, -0.1) is 0 Å². The number of allylic oxidation sites excluding steroid dienone is 2. The van der Waals surface area contributed by atoms with Gasteiger partial charge in [-0.2, -0.15) is 4.98 Å². The number of ether oxygens (including phenoxy) is 3. The Bertz CT molecular complexity index is 1260. The van der Waals surface area contributed by atoms with Crippen molar-refractivity contribution in [3.63, 3.8) is 0 Å². The molecule has 10 heteroatoms. The molecule has 8 nitrogen and oxygen atoms in total. The van der Waals surface area contributed by atoms with E-state index in [0.717, 1.165) is 6.42 Å². The molecule has 1 aromatic rings. The van der Waals surface area contributed by atoms with Crippen LogP contribution in [0.25, 0.3) is 0 Å². The average molecular weight is 561 g/mol. The summed E-state index contributed by atoms with van der Waals surface area (Å²) in [6.07, 6.45) is 0.300. The van der Waals surface area contributed by atoms with Crippen molar-refractivity contribution in [2.24, 2.45) is 22.7 Å². The molecule has 2 heterocycles. The van der Waals surface area contributed by atoms with Crippen molar-refractivity contribution in [3.05, 3.63) is 42.0 Å². The second-order valence-corrected chi connectivity index (χ2v) is 12.5. The van der Waals surface area contributed by atoms with Gasteiger partial charge in [0.05, 0.1) is 18.3 Å². The molecule has 2 unspecified atom stereocenters. The summed E-state index contributed by atoms with van der Waals surface area (Å²) in [4.78, 5) is 18.3. The summed E-state index contributed by atoms with van der Waals surface area (Å²) in [6, 6.07) is 4.86. The van der Waals surface area contributed by atoms with Gasteiger partial charge in [0.1, 0.15) is 12.0 Å². The lowest BCUT2D eigenvalue weighted by molar-refractivity contribution is -0.234. The highest BCUT2D eigenvalue weighted by Gasteiger charge is 2.80. The lowest BCUT2D eigenvalue weighted by atomic mass is 9.44. The minimum atomic E-state index is -2.21. The molecule has 5 aliphatic rings. The van der Waals surface area contributed by atoms with E-state index in [9.17, 15) is 15.0 Å². The lowest BCUT2D eigenvalue weighted by Gasteiger charge is -2.63. The molecule has 1 aliphatic heterocycles. The van der Waals surface area contributed by atoms with E-state index < -0.39 is 64.7 Å². The highest BCUT2D eigenvalue weighted by Crippen LogP contribution is 2.72. The molecule has 0 amide bonds. The molecule has 6 rings (SSSR count). The van der Waals surface area contributed by atoms with E-state index >= 15 is 8.78 Å². The molecule has 4 fully saturated rings. The molecule has 0 bridgehead atoms. The standard InChI is InChI=1S/C30H38F2N2O6/c1-4-6-26-39-23-13-17-18-12-20(31)19-11-16(35)9-10-27(19,2)29(18,32)21(36)14-28(17,3)30(23,40-26)22(37)15-38-25-8-5-7-24(33)34-25/h5,7-11,16-18,20-21,23,26,35-36H,4,6,12-15H2,1-3H3,(H2,33,34)/t16?,17-,18-,20-,21-,23+,26?,27-,28-,29-,30+/m0/s1. The fourth-order valence-electron chi connectivity index (χ4n) is 8.76. The topological polar surface area (TPSA) is 124 Å². The maximum atomic E-state index is 17.5. The molecule has 11 atom stereocenters. The number of carbonyl (C=O) groups is 1. The molecule has 0 radical (unpaired) electrons. The molecule has 4 aliphatic carbocycles. The number of aliphatic hydroxyl groups excluding tert-OH is 2. The van der Waals surface area contributed by atoms with Crippen molar-refractivity contribution in [1.82, 2.24) is 4.98 Å². The van der Waals surface area contributed by atoms with Crippen LogP contribution in [0.3, 0.4) is 0 Å². The SMILES string of the molecule is CCCC1O[C@@H]2C[C@H]3[C@@H]4C[C@H](F)C5=CC(O)C=C[C@]5(C)[C@@]4(F)[C@@H](O)C[C@]3(C)[C@]2(C(=O)COc2cccc(N)n2)O1. The monoisotopic (exact) mass is 560 g/mol. The normalized spacial score (nSPS) is 47.1. The lowest BCUT2D eigenvalue weighted by Crippen LogP contribution is -2.71. The van der Waals surface area contributed by atoms with Crippen LogP contribution in [0.15, 0.2) is 42.0 Å². The zero-order valence-electron chi connectivity index (χ0n) is 23.1. The Balaban J connectivity index is 1.39. The number of carbonyl (C=O) groups excluding carboxylic acids is 1. The second-order valence-electron chi connectivity index (χ2n) is 12.5. The van der Waals surface area contributed by atoms with Crippen molar-refractivity contribution in [2.75, 3.05) is 12.3 Å². The third-order valence-corrected chi connectivity index (χ3v) is 10.6. The number of anilines is 1. The molecule has 40 heavy (non-hydrogen) atoms. The first kappa shape index (κ1) is 27.8. The van der Waals surface area contributed by atoms with Gasteiger partial charge in [-0.1, -0.05) is 38.5 Å². The van der Waals surface area contributed by atoms with E-state index in [-0.39, 0.29) is 48.9 Å². The van der Waals surface area contributed by atoms with Crippen molar-refractivity contribution < 1.29 is 38.0 Å². The van der Waals surface area contributed by atoms with Gasteiger partial charge < -0.3 is 30.2 Å². The number of hydrogen-bond acceptors (Lipinski definition) is 8. The Morgan fingerprint density at radius 2 is 2.02 bits per heavy atom. The molecule has 3 saturated carbocycles. The summed E-state index contributed by atoms with van der Waals surface area (Å²) in [5, 5.41) is 21.8. The zero-order chi connectivity index (χ0) is 28.7. The van der Waals surface area contributed by atoms with Crippen LogP contribution < -0.4 is 10.5 Å². The number of nitrogens with two attached hydrogens (primary N) is 1. The number of alkyl halides is 2. The zero-order valence-corrected chi connectivity index (χ0v) is 23.1. The number of halogens is 2. The summed E-state index contributed by atoms with van der Waals surface area (Å²) < 4.78 is 51.9. The summed E-state index contributed by atoms with van der Waals surface area (Å²) in [7, 11) is 0. The van der Waals surface area contributed by atoms with Gasteiger partial charge in [-0.05, 0) is 56.2 Å². The van der Waals surface area contributed by atoms with Gasteiger partial charge >= 0.3 is 0 Å². The third-order valence-electron chi connectivity index (χ3n) is 10.6. The fourth-order valence-corrected chi connectivity index (χ4v) is 8.76. The Morgan fingerprint density at radius 1 is 1.25 bits per heavy atom. The molecule has 0 aromatic carbocycles. The van der Waals surface area contributed by atoms with Crippen molar-refractivity contribution >= 4 is 11.6 Å². The largest absolute Gasteiger partial charge is 0.469 e. The summed E-state index contributed by atoms with van der Waals surface area (Å²) >= 11 is 0. The smallest absolute Gasteiger partial charge is 0.215 e. The Hall–Kier alpha value is -2.40. The number of nitrogen functional groups attached to an aromatic ring is 1. The molecule has 0 spiro atoms. The maximum Gasteiger partial charge on any atom is 0.215 e. The molecular weight excluding hydrogens is 522 g/mol. The van der Waals surface area contributed by atoms with Crippen LogP contribution in [0.5, 0.6) is 5.88 Å². The van der Waals surface area contributed by atoms with Crippen molar-refractivity contribution in [2.45, 2.75) is 94.9 Å². The molecule has 4 N–H and O–H groups in total. The van der Waals surface area contributed by atoms with E-state index in [0.29, 0.717) is 6.42 Å². The Morgan fingerprint density at radius 3 is 2.75 bits per heavy atom. The van der Waals surface area contributed by atoms with Crippen molar-refractivity contribution in [3.8, 4) is 5.88 Å². The summed E-state index contributed by atoms with van der Waals surface area (Å²) in [5.41, 5.74) is -0.309. The predicted octanol–water partition coefficient (Wildman–Crippen LogP) is 3.61. The van der Waals surface area contributed by atoms with Gasteiger partial charge in [-0.3, -0.25) is 4.79 Å². The number of Topliss-reactive ketones (excluding diaryl/α,β-unsaturated/α-hetero) is 1. The highest BCUT2D eigenvalue weighted by atomic mass is 19.1. The quantitative estimate of drug-likeness (QED) is 0.451.